The molecule has 0 aliphatic carbocycles. The van der Waals surface area contributed by atoms with E-state index in [0.29, 0.717) is 6.54 Å². The largest absolute Gasteiger partial charge is 0.454 e. The topological polar surface area (TPSA) is 59.5 Å². The number of hydrogen-bond donors (Lipinski definition) is 1. The summed E-state index contributed by atoms with van der Waals surface area (Å²) in [5.74, 6) is 2.42. The fraction of sp³-hybridized carbons (Fsp3) is 0.182. The zero-order valence-electron chi connectivity index (χ0n) is 16.2. The van der Waals surface area contributed by atoms with Crippen LogP contribution in [-0.2, 0) is 6.54 Å². The number of fused-ring (bicyclic) bond motifs is 2. The van der Waals surface area contributed by atoms with E-state index in [1.54, 1.807) is 17.7 Å². The van der Waals surface area contributed by atoms with Crippen LogP contribution < -0.4 is 19.7 Å². The molecule has 0 unspecified atom stereocenters. The van der Waals surface area contributed by atoms with Crippen molar-refractivity contribution in [3.8, 4) is 21.9 Å². The number of anilines is 2. The lowest BCUT2D eigenvalue weighted by molar-refractivity contribution is 0.174. The molecule has 0 bridgehead atoms. The molecule has 0 saturated carbocycles. The smallest absolute Gasteiger partial charge is 0.231 e. The Bertz CT molecular complexity index is 1170. The second kappa shape index (κ2) is 7.25. The fourth-order valence-electron chi connectivity index (χ4n) is 3.28. The quantitative estimate of drug-likeness (QED) is 0.517. The predicted molar refractivity (Wildman–Crippen MR) is 117 cm³/mol. The third-order valence-corrected chi connectivity index (χ3v) is 6.06. The molecule has 0 saturated heterocycles. The summed E-state index contributed by atoms with van der Waals surface area (Å²) < 4.78 is 11.9. The highest BCUT2D eigenvalue weighted by Crippen LogP contribution is 2.37. The molecule has 146 valence electrons. The van der Waals surface area contributed by atoms with Gasteiger partial charge in [0.05, 0.1) is 10.2 Å². The van der Waals surface area contributed by atoms with Crippen molar-refractivity contribution in [3.05, 3.63) is 60.4 Å². The van der Waals surface area contributed by atoms with Gasteiger partial charge >= 0.3 is 0 Å². The minimum atomic E-state index is 0.284. The first-order valence-electron chi connectivity index (χ1n) is 9.32. The molecule has 2 aromatic carbocycles. The lowest BCUT2D eigenvalue weighted by Crippen LogP contribution is -2.07. The van der Waals surface area contributed by atoms with Gasteiger partial charge in [-0.2, -0.15) is 0 Å². The Labute approximate surface area is 172 Å². The van der Waals surface area contributed by atoms with Crippen molar-refractivity contribution in [2.45, 2.75) is 6.54 Å². The lowest BCUT2D eigenvalue weighted by Gasteiger charge is -2.12. The fourth-order valence-corrected chi connectivity index (χ4v) is 4.37. The summed E-state index contributed by atoms with van der Waals surface area (Å²) >= 11 is 1.70. The minimum Gasteiger partial charge on any atom is -0.454 e. The normalized spacial score (nSPS) is 12.3. The summed E-state index contributed by atoms with van der Waals surface area (Å²) in [5, 5.41) is 3.44. The van der Waals surface area contributed by atoms with Crippen LogP contribution in [0.25, 0.3) is 20.7 Å². The van der Waals surface area contributed by atoms with E-state index in [9.17, 15) is 0 Å². The molecule has 2 aromatic heterocycles. The van der Waals surface area contributed by atoms with Crippen LogP contribution in [0.15, 0.2) is 54.9 Å². The Morgan fingerprint density at radius 2 is 1.83 bits per heavy atom. The molecule has 29 heavy (non-hydrogen) atoms. The molecule has 0 amide bonds. The van der Waals surface area contributed by atoms with Gasteiger partial charge in [0.15, 0.2) is 11.5 Å². The number of hydrogen-bond acceptors (Lipinski definition) is 7. The summed E-state index contributed by atoms with van der Waals surface area (Å²) in [5.41, 5.74) is 4.42. The molecular weight excluding hydrogens is 384 g/mol. The second-order valence-electron chi connectivity index (χ2n) is 7.03. The van der Waals surface area contributed by atoms with Gasteiger partial charge in [-0.3, -0.25) is 0 Å². The number of nitrogens with one attached hydrogen (secondary N) is 1. The van der Waals surface area contributed by atoms with Crippen LogP contribution in [0.3, 0.4) is 0 Å². The van der Waals surface area contributed by atoms with Gasteiger partial charge < -0.3 is 19.7 Å². The highest BCUT2D eigenvalue weighted by atomic mass is 32.1. The van der Waals surface area contributed by atoms with E-state index in [-0.39, 0.29) is 6.79 Å². The molecule has 1 aliphatic heterocycles. The molecule has 0 fully saturated rings. The zero-order chi connectivity index (χ0) is 19.8. The van der Waals surface area contributed by atoms with Crippen LogP contribution in [0.1, 0.15) is 5.56 Å². The number of ether oxygens (including phenoxy) is 2. The van der Waals surface area contributed by atoms with Crippen molar-refractivity contribution >= 4 is 33.1 Å². The Morgan fingerprint density at radius 3 is 2.66 bits per heavy atom. The van der Waals surface area contributed by atoms with Gasteiger partial charge in [0.1, 0.15) is 12.1 Å². The molecule has 0 spiro atoms. The Kier molecular flexibility index (Phi) is 4.44. The first kappa shape index (κ1) is 17.8. The van der Waals surface area contributed by atoms with E-state index in [2.05, 4.69) is 50.5 Å². The van der Waals surface area contributed by atoms with Gasteiger partial charge in [-0.15, -0.1) is 11.3 Å². The maximum Gasteiger partial charge on any atom is 0.231 e. The highest BCUT2D eigenvalue weighted by molar-refractivity contribution is 7.22. The monoisotopic (exact) mass is 404 g/mol. The van der Waals surface area contributed by atoms with E-state index in [1.165, 1.54) is 16.1 Å². The summed E-state index contributed by atoms with van der Waals surface area (Å²) in [4.78, 5) is 12.2. The van der Waals surface area contributed by atoms with Crippen molar-refractivity contribution < 1.29 is 9.47 Å². The maximum atomic E-state index is 5.46. The van der Waals surface area contributed by atoms with Crippen molar-refractivity contribution in [1.82, 2.24) is 9.97 Å². The van der Waals surface area contributed by atoms with Crippen molar-refractivity contribution in [2.75, 3.05) is 31.1 Å². The predicted octanol–water partition coefficient (Wildman–Crippen LogP) is 4.77. The van der Waals surface area contributed by atoms with Gasteiger partial charge in [0.25, 0.3) is 0 Å². The van der Waals surface area contributed by atoms with Crippen molar-refractivity contribution in [1.29, 1.82) is 0 Å². The molecule has 4 aromatic rings. The van der Waals surface area contributed by atoms with Crippen LogP contribution in [-0.4, -0.2) is 30.9 Å². The van der Waals surface area contributed by atoms with Crippen LogP contribution in [0.4, 0.5) is 11.5 Å². The molecule has 5 rings (SSSR count). The van der Waals surface area contributed by atoms with Gasteiger partial charge in [-0.05, 0) is 41.5 Å². The van der Waals surface area contributed by atoms with Gasteiger partial charge in [0.2, 0.25) is 6.79 Å². The SMILES string of the molecule is CN(C)c1ccc(-c2cc3ncnc(NCc4ccc5c(c4)OCO5)c3s2)cc1. The summed E-state index contributed by atoms with van der Waals surface area (Å²) in [6.07, 6.45) is 1.61. The standard InChI is InChI=1S/C22H20N4O2S/c1-26(2)16-6-4-15(5-7-16)20-10-17-21(29-20)22(25-12-24-17)23-11-14-3-8-18-19(9-14)28-13-27-18/h3-10,12H,11,13H2,1-2H3,(H,23,24,25). The second-order valence-corrected chi connectivity index (χ2v) is 8.08. The average molecular weight is 404 g/mol. The third kappa shape index (κ3) is 3.45. The van der Waals surface area contributed by atoms with Crippen LogP contribution >= 0.6 is 11.3 Å². The van der Waals surface area contributed by atoms with Crippen LogP contribution in [0.2, 0.25) is 0 Å². The van der Waals surface area contributed by atoms with E-state index in [0.717, 1.165) is 33.1 Å². The average Bonchev–Trinajstić information content (AvgIpc) is 3.39. The van der Waals surface area contributed by atoms with Crippen LogP contribution in [0.5, 0.6) is 11.5 Å². The highest BCUT2D eigenvalue weighted by Gasteiger charge is 2.14. The Hall–Kier alpha value is -3.32. The van der Waals surface area contributed by atoms with Gasteiger partial charge in [-0.1, -0.05) is 18.2 Å². The third-order valence-electron chi connectivity index (χ3n) is 4.88. The molecule has 1 aliphatic rings. The maximum absolute atomic E-state index is 5.46. The minimum absolute atomic E-state index is 0.284. The lowest BCUT2D eigenvalue weighted by atomic mass is 10.1. The van der Waals surface area contributed by atoms with Gasteiger partial charge in [-0.25, -0.2) is 9.97 Å². The number of rotatable bonds is 5. The van der Waals surface area contributed by atoms with E-state index in [1.807, 2.05) is 32.3 Å². The van der Waals surface area contributed by atoms with Crippen LogP contribution in [0, 0.1) is 0 Å². The zero-order valence-corrected chi connectivity index (χ0v) is 17.0. The Balaban J connectivity index is 1.40. The number of nitrogens with zero attached hydrogens (tertiary/aromatic N) is 3. The van der Waals surface area contributed by atoms with Crippen molar-refractivity contribution in [2.24, 2.45) is 0 Å². The number of aromatic nitrogens is 2. The van der Waals surface area contributed by atoms with Crippen molar-refractivity contribution in [3.63, 3.8) is 0 Å². The number of thiophene rings is 1. The molecule has 0 atom stereocenters. The first-order chi connectivity index (χ1) is 14.2. The van der Waals surface area contributed by atoms with Gasteiger partial charge in [0, 0.05) is 31.2 Å². The molecule has 6 nitrogen and oxygen atoms in total. The molecule has 3 heterocycles. The molecule has 7 heteroatoms. The first-order valence-corrected chi connectivity index (χ1v) is 10.1. The summed E-state index contributed by atoms with van der Waals surface area (Å²) in [6.45, 7) is 0.930. The van der Waals surface area contributed by atoms with E-state index >= 15 is 0 Å². The summed E-state index contributed by atoms with van der Waals surface area (Å²) in [7, 11) is 4.09. The summed E-state index contributed by atoms with van der Waals surface area (Å²) in [6, 6.07) is 16.6. The number of benzene rings is 2. The van der Waals surface area contributed by atoms with E-state index in [4.69, 9.17) is 9.47 Å². The Morgan fingerprint density at radius 1 is 1.00 bits per heavy atom. The molecular formula is C22H20N4O2S. The van der Waals surface area contributed by atoms with E-state index < -0.39 is 0 Å². The molecule has 1 N–H and O–H groups in total. The molecule has 0 radical (unpaired) electrons.